The van der Waals surface area contributed by atoms with E-state index in [0.29, 0.717) is 72.1 Å². The predicted molar refractivity (Wildman–Crippen MR) is 378 cm³/mol. The maximum absolute atomic E-state index is 13.1. The maximum Gasteiger partial charge on any atom is 0.272 e. The van der Waals surface area contributed by atoms with Crippen LogP contribution in [0, 0.1) is 0 Å². The quantitative estimate of drug-likeness (QED) is 0.0776. The van der Waals surface area contributed by atoms with Crippen LogP contribution in [-0.2, 0) is 51.6 Å². The summed E-state index contributed by atoms with van der Waals surface area (Å²) in [6.07, 6.45) is 28.4. The van der Waals surface area contributed by atoms with E-state index in [-0.39, 0.29) is 17.7 Å². The van der Waals surface area contributed by atoms with E-state index < -0.39 is 0 Å². The smallest absolute Gasteiger partial charge is 0.272 e. The lowest BCUT2D eigenvalue weighted by Gasteiger charge is -2.27. The standard InChI is InChI=1S/2C26H27Cl2N3O.C25H32ClN3O/c27-20-10-8-17(9-11-20)16-31-25-19(14-18-4-3-6-21(28)15-18)5-1-2-7-23(25)24(30-31)26(32)29-22-12-13-22;27-20-9-5-17(6-10-20)15-19-3-1-2-4-23-24(26(32)29-22-13-14-22)30-31(25(19)23)16-18-7-11-21(28)12-8-18;26-19-12-10-17(11-13-19)16-18-6-4-5-9-22-23(25(30)27-20-14-15-20)28-29(24(18)22)21-7-2-1-3-8-21/h3-4,6,8-11,15,19,22H,1-2,5,7,12-14,16H2,(H,29,32);5-12,19,22H,1-4,13-16H2,(H,29,32);10-13,18,20-21H,1-9,14-16H2,(H,27,30). The number of benzene rings is 5. The number of halogens is 5. The second-order valence-electron chi connectivity index (χ2n) is 27.5. The molecule has 17 heteroatoms. The van der Waals surface area contributed by atoms with E-state index in [2.05, 4.69) is 60.3 Å². The number of nitrogens with zero attached hydrogens (tertiary/aromatic N) is 6. The molecule has 3 aromatic heterocycles. The van der Waals surface area contributed by atoms with E-state index in [4.69, 9.17) is 73.3 Å². The van der Waals surface area contributed by atoms with Gasteiger partial charge in [-0.15, -0.1) is 0 Å². The molecule has 0 aliphatic heterocycles. The Bertz CT molecular complexity index is 3920. The summed E-state index contributed by atoms with van der Waals surface area (Å²) >= 11 is 30.7. The molecule has 3 unspecified atom stereocenters. The summed E-state index contributed by atoms with van der Waals surface area (Å²) in [6.45, 7) is 1.26. The van der Waals surface area contributed by atoms with Gasteiger partial charge in [0.1, 0.15) is 0 Å². The SMILES string of the molecule is O=C(NC1CC1)c1nn(C2CCCCC2)c2c1CCCCC2Cc1ccc(Cl)cc1.O=C(NC1CC1)c1nn(Cc2ccc(Cl)cc2)c2c1CCCCC2Cc1ccc(Cl)cc1.O=C(NC1CC1)c1nn(Cc2ccc(Cl)cc2)c2c1CCCCC2Cc1cccc(Cl)c1. The van der Waals surface area contributed by atoms with E-state index in [1.807, 2.05) is 91.0 Å². The number of carbonyl (C=O) groups is 3. The van der Waals surface area contributed by atoms with Crippen molar-refractivity contribution < 1.29 is 14.4 Å². The van der Waals surface area contributed by atoms with Crippen LogP contribution in [0.25, 0.3) is 0 Å². The molecule has 0 saturated heterocycles. The Labute approximate surface area is 578 Å². The summed E-state index contributed by atoms with van der Waals surface area (Å²) < 4.78 is 6.45. The maximum atomic E-state index is 13.1. The molecule has 3 heterocycles. The molecule has 15 rings (SSSR count). The zero-order valence-electron chi connectivity index (χ0n) is 53.7. The van der Waals surface area contributed by atoms with Crippen molar-refractivity contribution in [3.05, 3.63) is 225 Å². The van der Waals surface area contributed by atoms with Crippen molar-refractivity contribution in [3.63, 3.8) is 0 Å². The number of fused-ring (bicyclic) bond motifs is 3. The lowest BCUT2D eigenvalue weighted by molar-refractivity contribution is 0.0935. The van der Waals surface area contributed by atoms with E-state index in [1.165, 1.54) is 77.9 Å². The van der Waals surface area contributed by atoms with Crippen LogP contribution in [0.1, 0.15) is 245 Å². The van der Waals surface area contributed by atoms with Crippen LogP contribution in [0.4, 0.5) is 0 Å². The molecular formula is C77H86Cl5N9O3. The van der Waals surface area contributed by atoms with Gasteiger partial charge in [0.2, 0.25) is 0 Å². The van der Waals surface area contributed by atoms with Crippen LogP contribution in [0.3, 0.4) is 0 Å². The monoisotopic (exact) mass is 1360 g/mol. The zero-order valence-corrected chi connectivity index (χ0v) is 57.5. The van der Waals surface area contributed by atoms with Gasteiger partial charge in [-0.25, -0.2) is 0 Å². The molecule has 7 aliphatic rings. The molecule has 0 radical (unpaired) electrons. The third-order valence-corrected chi connectivity index (χ3v) is 21.3. The van der Waals surface area contributed by atoms with Crippen LogP contribution in [0.15, 0.2) is 121 Å². The zero-order chi connectivity index (χ0) is 64.7. The van der Waals surface area contributed by atoms with Gasteiger partial charge in [-0.05, 0) is 217 Å². The number of carbonyl (C=O) groups excluding carboxylic acids is 3. The Morgan fingerprint density at radius 3 is 1.11 bits per heavy atom. The third-order valence-electron chi connectivity index (χ3n) is 20.0. The number of hydrogen-bond donors (Lipinski definition) is 3. The highest BCUT2D eigenvalue weighted by atomic mass is 35.5. The fraction of sp³-hybridized carbons (Fsp3) is 0.455. The van der Waals surface area contributed by atoms with Gasteiger partial charge < -0.3 is 16.0 Å². The molecule has 3 N–H and O–H groups in total. The second kappa shape index (κ2) is 30.8. The Morgan fingerprint density at radius 1 is 0.362 bits per heavy atom. The summed E-state index contributed by atoms with van der Waals surface area (Å²) in [5.74, 6) is 1.04. The molecule has 8 aromatic rings. The van der Waals surface area contributed by atoms with E-state index >= 15 is 0 Å². The van der Waals surface area contributed by atoms with Gasteiger partial charge in [-0.1, -0.05) is 157 Å². The lowest BCUT2D eigenvalue weighted by atomic mass is 9.89. The molecule has 4 saturated carbocycles. The molecule has 7 aliphatic carbocycles. The Morgan fingerprint density at radius 2 is 0.713 bits per heavy atom. The van der Waals surface area contributed by atoms with Crippen molar-refractivity contribution >= 4 is 75.7 Å². The Hall–Kier alpha value is -6.41. The number of amides is 3. The topological polar surface area (TPSA) is 141 Å². The predicted octanol–water partition coefficient (Wildman–Crippen LogP) is 18.4. The summed E-state index contributed by atoms with van der Waals surface area (Å²) in [4.78, 5) is 39.2. The third kappa shape index (κ3) is 17.0. The average molecular weight is 1360 g/mol. The molecule has 3 atom stereocenters. The summed E-state index contributed by atoms with van der Waals surface area (Å²) in [5, 5.41) is 28.0. The first-order valence-corrected chi connectivity index (χ1v) is 36.7. The Kier molecular flexibility index (Phi) is 21.7. The minimum atomic E-state index is -0.0259. The van der Waals surface area contributed by atoms with Gasteiger partial charge in [-0.2, -0.15) is 15.3 Å². The summed E-state index contributed by atoms with van der Waals surface area (Å²) in [7, 11) is 0. The molecule has 94 heavy (non-hydrogen) atoms. The van der Waals surface area contributed by atoms with Gasteiger partial charge >= 0.3 is 0 Å². The van der Waals surface area contributed by atoms with Gasteiger partial charge in [0.25, 0.3) is 17.7 Å². The van der Waals surface area contributed by atoms with Crippen LogP contribution in [0.2, 0.25) is 25.1 Å². The largest absolute Gasteiger partial charge is 0.348 e. The number of nitrogens with one attached hydrogen (secondary N) is 3. The molecule has 5 aromatic carbocycles. The van der Waals surface area contributed by atoms with Crippen LogP contribution in [0.5, 0.6) is 0 Å². The first-order chi connectivity index (χ1) is 45.8. The molecule has 0 spiro atoms. The van der Waals surface area contributed by atoms with Crippen molar-refractivity contribution in [2.24, 2.45) is 0 Å². The molecule has 12 nitrogen and oxygen atoms in total. The van der Waals surface area contributed by atoms with Crippen molar-refractivity contribution in [2.75, 3.05) is 0 Å². The van der Waals surface area contributed by atoms with Gasteiger partial charge in [0, 0.05) is 94.8 Å². The van der Waals surface area contributed by atoms with Crippen molar-refractivity contribution in [1.82, 2.24) is 45.3 Å². The molecule has 492 valence electrons. The highest BCUT2D eigenvalue weighted by Crippen LogP contribution is 2.42. The van der Waals surface area contributed by atoms with Crippen LogP contribution < -0.4 is 16.0 Å². The fourth-order valence-electron chi connectivity index (χ4n) is 14.8. The lowest BCUT2D eigenvalue weighted by Crippen LogP contribution is -2.27. The molecule has 3 amide bonds. The van der Waals surface area contributed by atoms with Crippen molar-refractivity contribution in [2.45, 2.75) is 222 Å². The first kappa shape index (κ1) is 66.2. The van der Waals surface area contributed by atoms with E-state index in [1.54, 1.807) is 0 Å². The van der Waals surface area contributed by atoms with Gasteiger partial charge in [-0.3, -0.25) is 28.4 Å². The summed E-state index contributed by atoms with van der Waals surface area (Å²) in [5.41, 5.74) is 15.3. The van der Waals surface area contributed by atoms with E-state index in [0.717, 1.165) is 176 Å². The highest BCUT2D eigenvalue weighted by molar-refractivity contribution is 6.31. The fourth-order valence-corrected chi connectivity index (χ4v) is 15.5. The minimum Gasteiger partial charge on any atom is -0.348 e. The first-order valence-electron chi connectivity index (χ1n) is 34.8. The van der Waals surface area contributed by atoms with Gasteiger partial charge in [0.05, 0.1) is 19.1 Å². The van der Waals surface area contributed by atoms with Crippen LogP contribution >= 0.6 is 58.0 Å². The molecular weight excluding hydrogens is 1280 g/mol. The number of rotatable bonds is 17. The molecule has 4 fully saturated rings. The second-order valence-corrected chi connectivity index (χ2v) is 29.7. The highest BCUT2D eigenvalue weighted by Gasteiger charge is 2.37. The number of aromatic nitrogens is 6. The van der Waals surface area contributed by atoms with Crippen LogP contribution in [-0.4, -0.2) is 65.2 Å². The minimum absolute atomic E-state index is 0.0225. The van der Waals surface area contributed by atoms with Crippen molar-refractivity contribution in [1.29, 1.82) is 0 Å². The van der Waals surface area contributed by atoms with Gasteiger partial charge in [0.15, 0.2) is 17.1 Å². The number of hydrogen-bond acceptors (Lipinski definition) is 6. The average Bonchev–Trinajstić information content (AvgIpc) is 1.67. The Balaban J connectivity index is 0.000000128. The normalized spacial score (nSPS) is 19.5. The van der Waals surface area contributed by atoms with E-state index in [9.17, 15) is 14.4 Å². The molecule has 0 bridgehead atoms. The van der Waals surface area contributed by atoms with Crippen molar-refractivity contribution in [3.8, 4) is 0 Å². The summed E-state index contributed by atoms with van der Waals surface area (Å²) in [6, 6.07) is 41.7.